The first-order valence-corrected chi connectivity index (χ1v) is 9.62. The third-order valence-electron chi connectivity index (χ3n) is 5.40. The molecule has 0 aromatic heterocycles. The highest BCUT2D eigenvalue weighted by molar-refractivity contribution is 5.91. The summed E-state index contributed by atoms with van der Waals surface area (Å²) in [7, 11) is 1.54. The maximum Gasteiger partial charge on any atom is 0.416 e. The van der Waals surface area contributed by atoms with Crippen LogP contribution in [0.3, 0.4) is 0 Å². The second kappa shape index (κ2) is 8.42. The molecule has 158 valence electrons. The van der Waals surface area contributed by atoms with Gasteiger partial charge in [0.15, 0.2) is 0 Å². The van der Waals surface area contributed by atoms with Gasteiger partial charge in [0.2, 0.25) is 17.7 Å². The molecule has 0 bridgehead atoms. The molecule has 0 saturated carbocycles. The number of alkyl halides is 3. The summed E-state index contributed by atoms with van der Waals surface area (Å²) in [6, 6.07) is 4.83. The number of hydrogen-bond acceptors (Lipinski definition) is 3. The summed E-state index contributed by atoms with van der Waals surface area (Å²) < 4.78 is 38.6. The van der Waals surface area contributed by atoms with Crippen LogP contribution in [0.2, 0.25) is 0 Å². The molecule has 0 radical (unpaired) electrons. The average molecular weight is 411 g/mol. The van der Waals surface area contributed by atoms with Gasteiger partial charge in [-0.3, -0.25) is 14.4 Å². The first-order valence-electron chi connectivity index (χ1n) is 9.62. The number of nitrogens with zero attached hydrogens (tertiary/aromatic N) is 3. The van der Waals surface area contributed by atoms with E-state index in [-0.39, 0.29) is 43.8 Å². The number of carbonyl (C=O) groups excluding carboxylic acids is 3. The Morgan fingerprint density at radius 1 is 1.21 bits per heavy atom. The Bertz CT molecular complexity index is 791. The molecule has 3 amide bonds. The fourth-order valence-corrected chi connectivity index (χ4v) is 3.82. The van der Waals surface area contributed by atoms with Crippen LogP contribution >= 0.6 is 0 Å². The molecule has 3 rings (SSSR count). The second-order valence-electron chi connectivity index (χ2n) is 7.66. The van der Waals surface area contributed by atoms with Crippen LogP contribution in [0.25, 0.3) is 0 Å². The summed E-state index contributed by atoms with van der Waals surface area (Å²) >= 11 is 0. The van der Waals surface area contributed by atoms with Crippen molar-refractivity contribution in [3.63, 3.8) is 0 Å². The van der Waals surface area contributed by atoms with E-state index in [9.17, 15) is 27.6 Å². The lowest BCUT2D eigenvalue weighted by Gasteiger charge is -2.24. The number of likely N-dealkylation sites (N-methyl/N-ethyl adjacent to an activating group) is 1. The molecular formula is C20H24F3N3O3. The number of benzene rings is 1. The Kier molecular flexibility index (Phi) is 6.14. The molecule has 1 atom stereocenters. The molecule has 0 unspecified atom stereocenters. The molecule has 1 aromatic rings. The van der Waals surface area contributed by atoms with Crippen LogP contribution in [0.15, 0.2) is 24.3 Å². The Morgan fingerprint density at radius 3 is 2.55 bits per heavy atom. The van der Waals surface area contributed by atoms with Crippen LogP contribution in [0, 0.1) is 5.92 Å². The highest BCUT2D eigenvalue weighted by Gasteiger charge is 2.37. The van der Waals surface area contributed by atoms with Gasteiger partial charge in [0.05, 0.1) is 18.0 Å². The minimum Gasteiger partial charge on any atom is -0.341 e. The summed E-state index contributed by atoms with van der Waals surface area (Å²) in [6.07, 6.45) is -2.52. The van der Waals surface area contributed by atoms with Gasteiger partial charge in [0, 0.05) is 39.6 Å². The van der Waals surface area contributed by atoms with Gasteiger partial charge >= 0.3 is 6.18 Å². The van der Waals surface area contributed by atoms with E-state index in [4.69, 9.17) is 0 Å². The van der Waals surface area contributed by atoms with Crippen molar-refractivity contribution in [1.29, 1.82) is 0 Å². The van der Waals surface area contributed by atoms with E-state index in [0.717, 1.165) is 25.0 Å². The van der Waals surface area contributed by atoms with Crippen LogP contribution in [0.5, 0.6) is 0 Å². The summed E-state index contributed by atoms with van der Waals surface area (Å²) in [5.74, 6) is -1.27. The third-order valence-corrected chi connectivity index (χ3v) is 5.40. The molecule has 29 heavy (non-hydrogen) atoms. The highest BCUT2D eigenvalue weighted by Crippen LogP contribution is 2.30. The molecule has 2 aliphatic heterocycles. The van der Waals surface area contributed by atoms with Crippen molar-refractivity contribution < 1.29 is 27.6 Å². The van der Waals surface area contributed by atoms with Gasteiger partial charge in [-0.25, -0.2) is 0 Å². The number of hydrogen-bond donors (Lipinski definition) is 0. The molecule has 2 fully saturated rings. The van der Waals surface area contributed by atoms with Crippen LogP contribution < -0.4 is 0 Å². The molecule has 0 spiro atoms. The van der Waals surface area contributed by atoms with Gasteiger partial charge in [-0.1, -0.05) is 12.1 Å². The van der Waals surface area contributed by atoms with Crippen molar-refractivity contribution in [2.24, 2.45) is 5.92 Å². The minimum absolute atomic E-state index is 0.0000393. The zero-order valence-corrected chi connectivity index (χ0v) is 16.2. The van der Waals surface area contributed by atoms with E-state index in [1.54, 1.807) is 4.90 Å². The molecule has 9 heteroatoms. The standard InChI is InChI=1S/C20H24F3N3O3/c1-24(13-18(28)25-7-2-3-8-25)19(29)15-10-17(27)26(12-15)11-14-5-4-6-16(9-14)20(21,22)23/h4-6,9,15H,2-3,7-8,10-13H2,1H3/t15-/m0/s1. The quantitative estimate of drug-likeness (QED) is 0.746. The largest absolute Gasteiger partial charge is 0.416 e. The zero-order chi connectivity index (χ0) is 21.2. The number of halogens is 3. The van der Waals surface area contributed by atoms with E-state index in [2.05, 4.69) is 0 Å². The maximum absolute atomic E-state index is 12.9. The van der Waals surface area contributed by atoms with Crippen molar-refractivity contribution >= 4 is 17.7 Å². The van der Waals surface area contributed by atoms with Gasteiger partial charge in [0.1, 0.15) is 0 Å². The van der Waals surface area contributed by atoms with Crippen molar-refractivity contribution in [3.8, 4) is 0 Å². The first-order chi connectivity index (χ1) is 13.6. The number of amides is 3. The van der Waals surface area contributed by atoms with E-state index >= 15 is 0 Å². The normalized spacial score (nSPS) is 19.7. The molecule has 1 aromatic carbocycles. The Balaban J connectivity index is 1.58. The highest BCUT2D eigenvalue weighted by atomic mass is 19.4. The fraction of sp³-hybridized carbons (Fsp3) is 0.550. The van der Waals surface area contributed by atoms with Crippen LogP contribution in [-0.4, -0.2) is 65.6 Å². The third kappa shape index (κ3) is 5.07. The number of likely N-dealkylation sites (tertiary alicyclic amines) is 2. The summed E-state index contributed by atoms with van der Waals surface area (Å²) in [5, 5.41) is 0. The number of rotatable bonds is 5. The zero-order valence-electron chi connectivity index (χ0n) is 16.2. The van der Waals surface area contributed by atoms with Crippen molar-refractivity contribution in [3.05, 3.63) is 35.4 Å². The Hall–Kier alpha value is -2.58. The van der Waals surface area contributed by atoms with Crippen molar-refractivity contribution in [1.82, 2.24) is 14.7 Å². The lowest BCUT2D eigenvalue weighted by molar-refractivity contribution is -0.141. The van der Waals surface area contributed by atoms with Gasteiger partial charge < -0.3 is 14.7 Å². The van der Waals surface area contributed by atoms with Gasteiger partial charge in [-0.15, -0.1) is 0 Å². The van der Waals surface area contributed by atoms with Crippen LogP contribution in [0.4, 0.5) is 13.2 Å². The van der Waals surface area contributed by atoms with E-state index in [1.807, 2.05) is 0 Å². The van der Waals surface area contributed by atoms with Crippen molar-refractivity contribution in [2.75, 3.05) is 33.2 Å². The van der Waals surface area contributed by atoms with E-state index in [1.165, 1.54) is 29.0 Å². The van der Waals surface area contributed by atoms with Gasteiger partial charge in [-0.05, 0) is 30.5 Å². The van der Waals surface area contributed by atoms with E-state index < -0.39 is 17.7 Å². The molecular weight excluding hydrogens is 387 g/mol. The van der Waals surface area contributed by atoms with E-state index in [0.29, 0.717) is 18.7 Å². The van der Waals surface area contributed by atoms with Gasteiger partial charge in [-0.2, -0.15) is 13.2 Å². The lowest BCUT2D eigenvalue weighted by atomic mass is 10.1. The topological polar surface area (TPSA) is 60.9 Å². The predicted molar refractivity (Wildman–Crippen MR) is 98.4 cm³/mol. The molecule has 2 heterocycles. The Labute approximate surface area is 167 Å². The molecule has 2 saturated heterocycles. The lowest BCUT2D eigenvalue weighted by Crippen LogP contribution is -2.42. The minimum atomic E-state index is -4.45. The summed E-state index contributed by atoms with van der Waals surface area (Å²) in [4.78, 5) is 41.6. The SMILES string of the molecule is CN(CC(=O)N1CCCC1)C(=O)[C@H]1CC(=O)N(Cc2cccc(C(F)(F)F)c2)C1. The molecule has 2 aliphatic rings. The molecule has 6 nitrogen and oxygen atoms in total. The Morgan fingerprint density at radius 2 is 1.90 bits per heavy atom. The first kappa shape index (κ1) is 21.1. The summed E-state index contributed by atoms with van der Waals surface area (Å²) in [5.41, 5.74) is -0.409. The average Bonchev–Trinajstić information content (AvgIpc) is 3.31. The molecule has 0 aliphatic carbocycles. The fourth-order valence-electron chi connectivity index (χ4n) is 3.82. The van der Waals surface area contributed by atoms with Crippen molar-refractivity contribution in [2.45, 2.75) is 32.0 Å². The smallest absolute Gasteiger partial charge is 0.341 e. The number of carbonyl (C=O) groups is 3. The molecule has 0 N–H and O–H groups in total. The van der Waals surface area contributed by atoms with Crippen LogP contribution in [-0.2, 0) is 27.1 Å². The maximum atomic E-state index is 12.9. The summed E-state index contributed by atoms with van der Waals surface area (Å²) in [6.45, 7) is 1.53. The monoisotopic (exact) mass is 411 g/mol. The van der Waals surface area contributed by atoms with Gasteiger partial charge in [0.25, 0.3) is 0 Å². The predicted octanol–water partition coefficient (Wildman–Crippen LogP) is 2.13. The second-order valence-corrected chi connectivity index (χ2v) is 7.66. The van der Waals surface area contributed by atoms with Crippen LogP contribution in [0.1, 0.15) is 30.4 Å².